The van der Waals surface area contributed by atoms with Crippen molar-refractivity contribution in [3.8, 4) is 0 Å². The van der Waals surface area contributed by atoms with Gasteiger partial charge in [0.25, 0.3) is 0 Å². The van der Waals surface area contributed by atoms with Crippen LogP contribution < -0.4 is 0 Å². The molecule has 3 nitrogen and oxygen atoms in total. The maximum absolute atomic E-state index is 13.3. The van der Waals surface area contributed by atoms with Crippen LogP contribution >= 0.6 is 0 Å². The molecule has 2 aliphatic rings. The van der Waals surface area contributed by atoms with Crippen molar-refractivity contribution in [2.24, 2.45) is 5.16 Å². The fourth-order valence-electron chi connectivity index (χ4n) is 3.86. The minimum atomic E-state index is -0.192. The van der Waals surface area contributed by atoms with Crippen molar-refractivity contribution in [2.45, 2.75) is 44.7 Å². The number of benzene rings is 1. The number of rotatable bonds is 4. The lowest BCUT2D eigenvalue weighted by Crippen LogP contribution is -2.40. The summed E-state index contributed by atoms with van der Waals surface area (Å²) < 4.78 is 13.3. The zero-order valence-corrected chi connectivity index (χ0v) is 13.5. The maximum Gasteiger partial charge on any atom is 0.123 e. The molecule has 1 fully saturated rings. The molecule has 1 saturated heterocycles. The Hall–Kier alpha value is -1.68. The molecule has 0 aliphatic carbocycles. The number of oxime groups is 1. The van der Waals surface area contributed by atoms with Gasteiger partial charge in [-0.05, 0) is 61.6 Å². The van der Waals surface area contributed by atoms with Crippen molar-refractivity contribution in [1.82, 2.24) is 4.90 Å². The van der Waals surface area contributed by atoms with Crippen LogP contribution in [0.3, 0.4) is 0 Å². The lowest BCUT2D eigenvalue weighted by atomic mass is 9.85. The van der Waals surface area contributed by atoms with E-state index in [4.69, 9.17) is 4.84 Å². The van der Waals surface area contributed by atoms with Crippen LogP contribution in [-0.2, 0) is 4.84 Å². The summed E-state index contributed by atoms with van der Waals surface area (Å²) in [4.78, 5) is 7.53. The molecule has 1 aromatic rings. The highest BCUT2D eigenvalue weighted by Crippen LogP contribution is 2.43. The Labute approximate surface area is 131 Å². The lowest BCUT2D eigenvalue weighted by molar-refractivity contribution is 0.211. The van der Waals surface area contributed by atoms with E-state index in [0.717, 1.165) is 30.5 Å². The van der Waals surface area contributed by atoms with E-state index in [-0.39, 0.29) is 5.82 Å². The molecule has 1 aromatic carbocycles. The summed E-state index contributed by atoms with van der Waals surface area (Å²) in [7, 11) is 3.79. The van der Waals surface area contributed by atoms with Gasteiger partial charge >= 0.3 is 0 Å². The molecule has 0 radical (unpaired) electrons. The van der Waals surface area contributed by atoms with E-state index in [1.807, 2.05) is 12.1 Å². The smallest absolute Gasteiger partial charge is 0.123 e. The molecule has 0 amide bonds. The Kier molecular flexibility index (Phi) is 4.30. The molecule has 2 bridgehead atoms. The Morgan fingerprint density at radius 3 is 2.68 bits per heavy atom. The van der Waals surface area contributed by atoms with E-state index in [9.17, 15) is 4.39 Å². The van der Waals surface area contributed by atoms with Gasteiger partial charge in [0.1, 0.15) is 12.9 Å². The predicted molar refractivity (Wildman–Crippen MR) is 87.2 cm³/mol. The normalized spacial score (nSPS) is 25.7. The predicted octanol–water partition coefficient (Wildman–Crippen LogP) is 3.86. The number of hydrogen-bond donors (Lipinski definition) is 0. The van der Waals surface area contributed by atoms with Crippen molar-refractivity contribution in [1.29, 1.82) is 0 Å². The standard InChI is InChI=1S/C18H23FN2O/c1-4-16(20-22-3)18-15(12-5-7-13(19)8-6-12)11-14-9-10-17(18)21(14)2/h5-8,14,17H,4,9-11H2,1-3H3/t14?,17-/m0/s1. The number of halogens is 1. The molecular weight excluding hydrogens is 279 g/mol. The molecule has 2 heterocycles. The van der Waals surface area contributed by atoms with Crippen molar-refractivity contribution in [3.05, 3.63) is 41.2 Å². The third-order valence-corrected chi connectivity index (χ3v) is 4.98. The molecule has 0 aromatic heterocycles. The van der Waals surface area contributed by atoms with E-state index in [2.05, 4.69) is 24.0 Å². The minimum Gasteiger partial charge on any atom is -0.399 e. The Balaban J connectivity index is 2.13. The first-order chi connectivity index (χ1) is 10.7. The molecule has 1 unspecified atom stereocenters. The van der Waals surface area contributed by atoms with E-state index < -0.39 is 0 Å². The topological polar surface area (TPSA) is 24.8 Å². The summed E-state index contributed by atoms with van der Waals surface area (Å²) in [5.41, 5.74) is 4.72. The van der Waals surface area contributed by atoms with E-state index in [1.165, 1.54) is 17.6 Å². The van der Waals surface area contributed by atoms with Gasteiger partial charge in [-0.25, -0.2) is 4.39 Å². The summed E-state index contributed by atoms with van der Waals surface area (Å²) in [6.45, 7) is 2.11. The minimum absolute atomic E-state index is 0.192. The van der Waals surface area contributed by atoms with E-state index in [1.54, 1.807) is 19.2 Å². The first kappa shape index (κ1) is 15.2. The van der Waals surface area contributed by atoms with Crippen LogP contribution in [0, 0.1) is 5.82 Å². The lowest BCUT2D eigenvalue weighted by Gasteiger charge is -2.35. The van der Waals surface area contributed by atoms with Crippen LogP contribution in [0.2, 0.25) is 0 Å². The molecule has 118 valence electrons. The maximum atomic E-state index is 13.3. The van der Waals surface area contributed by atoms with Crippen molar-refractivity contribution < 1.29 is 9.23 Å². The fourth-order valence-corrected chi connectivity index (χ4v) is 3.86. The first-order valence-corrected chi connectivity index (χ1v) is 7.97. The summed E-state index contributed by atoms with van der Waals surface area (Å²) in [5.74, 6) is -0.192. The SMILES string of the molecule is CCC(=NOC)C1=C(c2ccc(F)cc2)CC2CC[C@@H]1N2C. The van der Waals surface area contributed by atoms with Crippen LogP contribution in [0.15, 0.2) is 35.0 Å². The van der Waals surface area contributed by atoms with E-state index in [0.29, 0.717) is 12.1 Å². The van der Waals surface area contributed by atoms with Crippen LogP contribution in [0.4, 0.5) is 4.39 Å². The van der Waals surface area contributed by atoms with Crippen LogP contribution in [-0.4, -0.2) is 36.9 Å². The summed E-state index contributed by atoms with van der Waals surface area (Å²) in [6.07, 6.45) is 4.20. The van der Waals surface area contributed by atoms with Gasteiger partial charge in [-0.2, -0.15) is 0 Å². The van der Waals surface area contributed by atoms with Gasteiger partial charge in [-0.3, -0.25) is 4.90 Å². The molecule has 22 heavy (non-hydrogen) atoms. The molecule has 0 N–H and O–H groups in total. The molecule has 0 saturated carbocycles. The third-order valence-electron chi connectivity index (χ3n) is 4.98. The van der Waals surface area contributed by atoms with Gasteiger partial charge < -0.3 is 4.84 Å². The number of nitrogens with zero attached hydrogens (tertiary/aromatic N) is 2. The van der Waals surface area contributed by atoms with Crippen LogP contribution in [0.1, 0.15) is 38.2 Å². The first-order valence-electron chi connectivity index (χ1n) is 7.97. The second-order valence-corrected chi connectivity index (χ2v) is 6.09. The van der Waals surface area contributed by atoms with Crippen LogP contribution in [0.25, 0.3) is 5.57 Å². The zero-order valence-electron chi connectivity index (χ0n) is 13.5. The summed E-state index contributed by atoms with van der Waals surface area (Å²) >= 11 is 0. The molecular formula is C18H23FN2O. The Morgan fingerprint density at radius 2 is 2.05 bits per heavy atom. The second kappa shape index (κ2) is 6.21. The average molecular weight is 302 g/mol. The fraction of sp³-hybridized carbons (Fsp3) is 0.500. The highest BCUT2D eigenvalue weighted by molar-refractivity contribution is 6.07. The summed E-state index contributed by atoms with van der Waals surface area (Å²) in [6, 6.07) is 7.82. The largest absolute Gasteiger partial charge is 0.399 e. The highest BCUT2D eigenvalue weighted by Gasteiger charge is 2.40. The van der Waals surface area contributed by atoms with Crippen molar-refractivity contribution >= 4 is 11.3 Å². The van der Waals surface area contributed by atoms with Crippen LogP contribution in [0.5, 0.6) is 0 Å². The third kappa shape index (κ3) is 2.56. The Bertz CT molecular complexity index is 606. The number of hydrogen-bond acceptors (Lipinski definition) is 3. The van der Waals surface area contributed by atoms with Gasteiger partial charge in [0.05, 0.1) is 5.71 Å². The second-order valence-electron chi connectivity index (χ2n) is 6.09. The van der Waals surface area contributed by atoms with Gasteiger partial charge in [0.15, 0.2) is 0 Å². The van der Waals surface area contributed by atoms with Crippen molar-refractivity contribution in [3.63, 3.8) is 0 Å². The molecule has 0 spiro atoms. The molecule has 2 atom stereocenters. The molecule has 4 heteroatoms. The molecule has 3 rings (SSSR count). The van der Waals surface area contributed by atoms with Gasteiger partial charge in [0.2, 0.25) is 0 Å². The zero-order chi connectivity index (χ0) is 15.7. The Morgan fingerprint density at radius 1 is 1.32 bits per heavy atom. The van der Waals surface area contributed by atoms with Gasteiger partial charge in [-0.15, -0.1) is 0 Å². The average Bonchev–Trinajstić information content (AvgIpc) is 2.76. The molecule has 2 aliphatic heterocycles. The van der Waals surface area contributed by atoms with Crippen molar-refractivity contribution in [2.75, 3.05) is 14.2 Å². The quantitative estimate of drug-likeness (QED) is 0.623. The monoisotopic (exact) mass is 302 g/mol. The van der Waals surface area contributed by atoms with Gasteiger partial charge in [0, 0.05) is 12.1 Å². The summed E-state index contributed by atoms with van der Waals surface area (Å²) in [5, 5.41) is 4.27. The van der Waals surface area contributed by atoms with Gasteiger partial charge in [-0.1, -0.05) is 24.2 Å². The highest BCUT2D eigenvalue weighted by atomic mass is 19.1. The number of likely N-dealkylation sites (N-methyl/N-ethyl adjacent to an activating group) is 1. The van der Waals surface area contributed by atoms with E-state index >= 15 is 0 Å². The number of fused-ring (bicyclic) bond motifs is 2.